The molecule has 18 heavy (non-hydrogen) atoms. The van der Waals surface area contributed by atoms with E-state index >= 15 is 0 Å². The number of benzene rings is 1. The molecule has 1 rings (SSSR count). The van der Waals surface area contributed by atoms with Crippen LogP contribution in [0.5, 0.6) is 0 Å². The van der Waals surface area contributed by atoms with E-state index in [1.807, 2.05) is 26.2 Å². The maximum Gasteiger partial charge on any atom is 0.188 e. The number of halogens is 1. The molecular weight excluding hydrogens is 306 g/mol. The summed E-state index contributed by atoms with van der Waals surface area (Å²) in [5, 5.41) is 3.25. The van der Waals surface area contributed by atoms with E-state index < -0.39 is 8.32 Å². The molecule has 0 atom stereocenters. The Kier molecular flexibility index (Phi) is 5.03. The van der Waals surface area contributed by atoms with Crippen molar-refractivity contribution in [2.45, 2.75) is 44.8 Å². The predicted molar refractivity (Wildman–Crippen MR) is 85.8 cm³/mol. The lowest BCUT2D eigenvalue weighted by atomic mass is 10.0. The molecule has 1 aromatic carbocycles. The highest BCUT2D eigenvalue weighted by molar-refractivity contribution is 9.10. The molecule has 0 spiro atoms. The van der Waals surface area contributed by atoms with E-state index in [-0.39, 0.29) is 5.04 Å². The van der Waals surface area contributed by atoms with Crippen molar-refractivity contribution in [2.24, 2.45) is 0 Å². The Morgan fingerprint density at radius 3 is 2.44 bits per heavy atom. The molecule has 2 nitrogen and oxygen atoms in total. The smallest absolute Gasteiger partial charge is 0.188 e. The van der Waals surface area contributed by atoms with Gasteiger partial charge < -0.3 is 10.1 Å². The first-order valence-corrected chi connectivity index (χ1v) is 10.1. The Labute approximate surface area is 120 Å². The third-order valence-corrected chi connectivity index (χ3v) is 8.35. The summed E-state index contributed by atoms with van der Waals surface area (Å²) in [5.41, 5.74) is 2.46. The van der Waals surface area contributed by atoms with Gasteiger partial charge in [0.1, 0.15) is 0 Å². The molecule has 0 aromatic heterocycles. The minimum atomic E-state index is -2.12. The molecule has 0 heterocycles. The van der Waals surface area contributed by atoms with Crippen molar-refractivity contribution in [3.63, 3.8) is 0 Å². The zero-order valence-corrected chi connectivity index (χ0v) is 14.6. The summed E-state index contributed by atoms with van der Waals surface area (Å²) in [6, 6.07) is 6.20. The van der Waals surface area contributed by atoms with Gasteiger partial charge in [-0.1, -0.05) is 35.8 Å². The number of anilines is 1. The van der Waals surface area contributed by atoms with E-state index in [9.17, 15) is 4.80 Å². The Balaban J connectivity index is 2.87. The van der Waals surface area contributed by atoms with Crippen LogP contribution in [0, 0.1) is 0 Å². The van der Waals surface area contributed by atoms with Crippen LogP contribution in [0.15, 0.2) is 22.7 Å². The highest BCUT2D eigenvalue weighted by atomic mass is 79.9. The summed E-state index contributed by atoms with van der Waals surface area (Å²) in [4.78, 5) is 10.3. The molecule has 0 saturated heterocycles. The largest absolute Gasteiger partial charge is 0.432 e. The first kappa shape index (κ1) is 15.7. The fraction of sp³-hybridized carbons (Fsp3) is 0.571. The third-order valence-electron chi connectivity index (χ3n) is 4.04. The van der Waals surface area contributed by atoms with E-state index in [4.69, 9.17) is 0 Å². The van der Waals surface area contributed by atoms with Crippen molar-refractivity contribution in [1.29, 1.82) is 0 Å². The van der Waals surface area contributed by atoms with E-state index in [2.05, 4.69) is 47.2 Å². The Morgan fingerprint density at radius 2 is 1.94 bits per heavy atom. The molecule has 0 amide bonds. The number of rotatable bonds is 5. The Bertz CT molecular complexity index is 413. The molecule has 0 radical (unpaired) electrons. The second-order valence-electron chi connectivity index (χ2n) is 5.96. The molecule has 1 aromatic rings. The van der Waals surface area contributed by atoms with Crippen molar-refractivity contribution in [1.82, 2.24) is 0 Å². The lowest BCUT2D eigenvalue weighted by molar-refractivity contribution is 0.451. The number of hydrogen-bond donors (Lipinski definition) is 2. The highest BCUT2D eigenvalue weighted by Gasteiger charge is 2.37. The second-order valence-corrected chi connectivity index (χ2v) is 11.3. The molecule has 0 unspecified atom stereocenters. The molecule has 0 aliphatic heterocycles. The van der Waals surface area contributed by atoms with Crippen LogP contribution in [0.4, 0.5) is 5.69 Å². The summed E-state index contributed by atoms with van der Waals surface area (Å²) in [5.74, 6) is 0. The molecule has 0 aliphatic rings. The van der Waals surface area contributed by atoms with Crippen LogP contribution in [0.1, 0.15) is 25.8 Å². The average Bonchev–Trinajstić information content (AvgIpc) is 2.25. The van der Waals surface area contributed by atoms with Crippen LogP contribution in [0.3, 0.4) is 0 Å². The highest BCUT2D eigenvalue weighted by Crippen LogP contribution is 2.41. The van der Waals surface area contributed by atoms with Crippen LogP contribution < -0.4 is 5.32 Å². The quantitative estimate of drug-likeness (QED) is 0.784. The van der Waals surface area contributed by atoms with Gasteiger partial charge in [-0.05, 0) is 48.7 Å². The minimum Gasteiger partial charge on any atom is -0.432 e. The van der Waals surface area contributed by atoms with Gasteiger partial charge in [0.05, 0.1) is 0 Å². The molecule has 0 bridgehead atoms. The first-order valence-electron chi connectivity index (χ1n) is 6.36. The summed E-state index contributed by atoms with van der Waals surface area (Å²) < 4.78 is 1.14. The van der Waals surface area contributed by atoms with Gasteiger partial charge in [0, 0.05) is 17.2 Å². The normalized spacial score (nSPS) is 12.6. The van der Waals surface area contributed by atoms with Crippen molar-refractivity contribution in [3.05, 3.63) is 28.2 Å². The first-order chi connectivity index (χ1) is 8.19. The molecule has 0 fully saturated rings. The van der Waals surface area contributed by atoms with Gasteiger partial charge in [-0.3, -0.25) is 0 Å². The minimum absolute atomic E-state index is 0.0211. The maximum absolute atomic E-state index is 10.3. The second kappa shape index (κ2) is 5.76. The van der Waals surface area contributed by atoms with Crippen LogP contribution in [0.25, 0.3) is 0 Å². The van der Waals surface area contributed by atoms with Gasteiger partial charge in [0.2, 0.25) is 0 Å². The van der Waals surface area contributed by atoms with E-state index in [1.165, 1.54) is 5.56 Å². The number of hydrogen-bond acceptors (Lipinski definition) is 2. The molecule has 0 saturated carbocycles. The predicted octanol–water partition coefficient (Wildman–Crippen LogP) is 4.40. The van der Waals surface area contributed by atoms with Crippen molar-refractivity contribution < 1.29 is 4.80 Å². The van der Waals surface area contributed by atoms with E-state index in [0.29, 0.717) is 0 Å². The van der Waals surface area contributed by atoms with Gasteiger partial charge in [-0.15, -0.1) is 0 Å². The lowest BCUT2D eigenvalue weighted by Gasteiger charge is -2.35. The van der Waals surface area contributed by atoms with Crippen LogP contribution in [-0.4, -0.2) is 20.2 Å². The zero-order chi connectivity index (χ0) is 14.0. The molecule has 2 N–H and O–H groups in total. The van der Waals surface area contributed by atoms with Crippen LogP contribution in [-0.2, 0) is 6.42 Å². The Hall–Kier alpha value is -0.323. The Morgan fingerprint density at radius 1 is 1.33 bits per heavy atom. The summed E-state index contributed by atoms with van der Waals surface area (Å²) in [7, 11) is -0.174. The summed E-state index contributed by atoms with van der Waals surface area (Å²) in [6.45, 7) is 8.39. The maximum atomic E-state index is 10.3. The fourth-order valence-electron chi connectivity index (χ4n) is 1.79. The van der Waals surface area contributed by atoms with Gasteiger partial charge >= 0.3 is 0 Å². The van der Waals surface area contributed by atoms with Crippen molar-refractivity contribution >= 4 is 29.9 Å². The van der Waals surface area contributed by atoms with Gasteiger partial charge in [0.25, 0.3) is 0 Å². The molecule has 0 aliphatic carbocycles. The zero-order valence-electron chi connectivity index (χ0n) is 12.0. The lowest BCUT2D eigenvalue weighted by Crippen LogP contribution is -2.39. The van der Waals surface area contributed by atoms with E-state index in [1.54, 1.807) is 0 Å². The summed E-state index contributed by atoms with van der Waals surface area (Å²) in [6.07, 6.45) is 1.97. The number of nitrogens with one attached hydrogen (secondary N) is 1. The molecule has 102 valence electrons. The third kappa shape index (κ3) is 3.59. The standard InChI is InChI=1S/C14H24BrNOSi/c1-14(2,18(4,5)17)10-9-11-12(15)7-6-8-13(11)16-3/h6-8,16-17H,9-10H2,1-5H3. The average molecular weight is 330 g/mol. The van der Waals surface area contributed by atoms with Crippen LogP contribution >= 0.6 is 15.9 Å². The SMILES string of the molecule is CNc1cccc(Br)c1CCC(C)(C)[Si](C)(C)O. The van der Waals surface area contributed by atoms with Gasteiger partial charge in [0.15, 0.2) is 8.32 Å². The summed E-state index contributed by atoms with van der Waals surface area (Å²) >= 11 is 3.61. The van der Waals surface area contributed by atoms with Gasteiger partial charge in [-0.25, -0.2) is 0 Å². The monoisotopic (exact) mass is 329 g/mol. The van der Waals surface area contributed by atoms with E-state index in [0.717, 1.165) is 23.0 Å². The van der Waals surface area contributed by atoms with Crippen molar-refractivity contribution in [3.8, 4) is 0 Å². The fourth-order valence-corrected chi connectivity index (χ4v) is 3.09. The molecule has 4 heteroatoms. The van der Waals surface area contributed by atoms with Gasteiger partial charge in [-0.2, -0.15) is 0 Å². The van der Waals surface area contributed by atoms with Crippen LogP contribution in [0.2, 0.25) is 18.1 Å². The molecular formula is C14H24BrNOSi. The van der Waals surface area contributed by atoms with Crippen molar-refractivity contribution in [2.75, 3.05) is 12.4 Å². The topological polar surface area (TPSA) is 32.3 Å².